The zero-order chi connectivity index (χ0) is 15.0. The van der Waals surface area contributed by atoms with Crippen LogP contribution >= 0.6 is 0 Å². The second kappa shape index (κ2) is 4.98. The van der Waals surface area contributed by atoms with Gasteiger partial charge in [0.2, 0.25) is 0 Å². The molecule has 1 aliphatic heterocycles. The van der Waals surface area contributed by atoms with Crippen LogP contribution in [0, 0.1) is 0 Å². The standard InChI is InChI=1S/C14H14F3N3O/c1-2-12-11-7-8-18-13(11)20(19-12)9-3-5-10(6-4-9)21-14(15,16)17/h3-6,18H,2,7-8H2,1H3. The predicted octanol–water partition coefficient (Wildman–Crippen LogP) is 3.30. The molecule has 0 unspecified atom stereocenters. The lowest BCUT2D eigenvalue weighted by Crippen LogP contribution is -2.17. The highest BCUT2D eigenvalue weighted by Crippen LogP contribution is 2.30. The summed E-state index contributed by atoms with van der Waals surface area (Å²) < 4.78 is 42.0. The smallest absolute Gasteiger partial charge is 0.406 e. The van der Waals surface area contributed by atoms with E-state index in [4.69, 9.17) is 0 Å². The van der Waals surface area contributed by atoms with E-state index in [0.717, 1.165) is 30.9 Å². The van der Waals surface area contributed by atoms with Gasteiger partial charge in [-0.1, -0.05) is 6.92 Å². The minimum absolute atomic E-state index is 0.237. The van der Waals surface area contributed by atoms with Crippen molar-refractivity contribution < 1.29 is 17.9 Å². The molecule has 1 N–H and O–H groups in total. The predicted molar refractivity (Wildman–Crippen MR) is 71.8 cm³/mol. The van der Waals surface area contributed by atoms with Gasteiger partial charge in [0.15, 0.2) is 0 Å². The van der Waals surface area contributed by atoms with Crippen molar-refractivity contribution in [3.05, 3.63) is 35.5 Å². The molecule has 0 amide bonds. The second-order valence-electron chi connectivity index (χ2n) is 4.76. The number of hydrogen-bond acceptors (Lipinski definition) is 3. The van der Waals surface area contributed by atoms with E-state index in [1.165, 1.54) is 17.7 Å². The van der Waals surface area contributed by atoms with Crippen molar-refractivity contribution in [1.29, 1.82) is 0 Å². The molecule has 21 heavy (non-hydrogen) atoms. The number of aromatic nitrogens is 2. The Labute approximate surface area is 119 Å². The quantitative estimate of drug-likeness (QED) is 0.944. The van der Waals surface area contributed by atoms with Gasteiger partial charge in [-0.3, -0.25) is 0 Å². The van der Waals surface area contributed by atoms with Crippen molar-refractivity contribution in [2.75, 3.05) is 11.9 Å². The summed E-state index contributed by atoms with van der Waals surface area (Å²) in [7, 11) is 0. The summed E-state index contributed by atoms with van der Waals surface area (Å²) in [6, 6.07) is 5.70. The lowest BCUT2D eigenvalue weighted by atomic mass is 10.2. The molecule has 0 fully saturated rings. The molecule has 2 aromatic rings. The number of rotatable bonds is 3. The maximum atomic E-state index is 12.1. The molecule has 1 aromatic heterocycles. The van der Waals surface area contributed by atoms with Crippen molar-refractivity contribution in [2.24, 2.45) is 0 Å². The van der Waals surface area contributed by atoms with Crippen LogP contribution in [0.3, 0.4) is 0 Å². The first kappa shape index (κ1) is 13.8. The molecule has 112 valence electrons. The minimum Gasteiger partial charge on any atom is -0.406 e. The molecule has 1 aromatic carbocycles. The number of halogens is 3. The number of hydrogen-bond donors (Lipinski definition) is 1. The van der Waals surface area contributed by atoms with Gasteiger partial charge >= 0.3 is 6.36 Å². The van der Waals surface area contributed by atoms with Gasteiger partial charge in [-0.2, -0.15) is 5.10 Å². The van der Waals surface area contributed by atoms with Gasteiger partial charge in [-0.15, -0.1) is 13.2 Å². The van der Waals surface area contributed by atoms with Crippen LogP contribution in [0.25, 0.3) is 5.69 Å². The average Bonchev–Trinajstić information content (AvgIpc) is 2.99. The van der Waals surface area contributed by atoms with Crippen LogP contribution < -0.4 is 10.1 Å². The Hall–Kier alpha value is -2.18. The second-order valence-corrected chi connectivity index (χ2v) is 4.76. The third kappa shape index (κ3) is 2.68. The van der Waals surface area contributed by atoms with Crippen LogP contribution in [0.2, 0.25) is 0 Å². The van der Waals surface area contributed by atoms with Gasteiger partial charge in [0, 0.05) is 12.1 Å². The van der Waals surface area contributed by atoms with Crippen LogP contribution in [0.15, 0.2) is 24.3 Å². The summed E-state index contributed by atoms with van der Waals surface area (Å²) >= 11 is 0. The largest absolute Gasteiger partial charge is 0.573 e. The van der Waals surface area contributed by atoms with E-state index in [1.54, 1.807) is 16.8 Å². The van der Waals surface area contributed by atoms with E-state index < -0.39 is 6.36 Å². The van der Waals surface area contributed by atoms with Crippen LogP contribution in [-0.4, -0.2) is 22.7 Å². The Balaban J connectivity index is 1.91. The van der Waals surface area contributed by atoms with E-state index in [0.29, 0.717) is 5.69 Å². The summed E-state index contributed by atoms with van der Waals surface area (Å²) in [5, 5.41) is 7.78. The molecule has 0 saturated heterocycles. The fraction of sp³-hybridized carbons (Fsp3) is 0.357. The number of alkyl halides is 3. The van der Waals surface area contributed by atoms with Gasteiger partial charge < -0.3 is 10.1 Å². The Kier molecular flexibility index (Phi) is 3.27. The number of ether oxygens (including phenoxy) is 1. The van der Waals surface area contributed by atoms with Crippen molar-refractivity contribution in [2.45, 2.75) is 26.1 Å². The van der Waals surface area contributed by atoms with Crippen molar-refractivity contribution in [3.63, 3.8) is 0 Å². The van der Waals surface area contributed by atoms with Gasteiger partial charge in [0.25, 0.3) is 0 Å². The molecular formula is C14H14F3N3O. The molecule has 0 spiro atoms. The molecule has 0 atom stereocenters. The van der Waals surface area contributed by atoms with Gasteiger partial charge in [0.1, 0.15) is 11.6 Å². The fourth-order valence-electron chi connectivity index (χ4n) is 2.51. The number of fused-ring (bicyclic) bond motifs is 1. The number of benzene rings is 1. The maximum absolute atomic E-state index is 12.1. The SMILES string of the molecule is CCc1nn(-c2ccc(OC(F)(F)F)cc2)c2c1CCN2. The molecule has 3 rings (SSSR count). The van der Waals surface area contributed by atoms with Crippen molar-refractivity contribution in [3.8, 4) is 11.4 Å². The highest BCUT2D eigenvalue weighted by Gasteiger charge is 2.31. The summed E-state index contributed by atoms with van der Waals surface area (Å²) in [4.78, 5) is 0. The highest BCUT2D eigenvalue weighted by molar-refractivity contribution is 5.57. The first-order chi connectivity index (χ1) is 9.98. The number of nitrogens with zero attached hydrogens (tertiary/aromatic N) is 2. The van der Waals surface area contributed by atoms with Gasteiger partial charge in [0.05, 0.1) is 11.4 Å². The molecule has 0 bridgehead atoms. The monoisotopic (exact) mass is 297 g/mol. The molecule has 1 aliphatic rings. The normalized spacial score (nSPS) is 13.9. The van der Waals surface area contributed by atoms with Crippen LogP contribution in [0.1, 0.15) is 18.2 Å². The topological polar surface area (TPSA) is 39.1 Å². The van der Waals surface area contributed by atoms with E-state index in [9.17, 15) is 13.2 Å². The van der Waals surface area contributed by atoms with E-state index in [-0.39, 0.29) is 5.75 Å². The van der Waals surface area contributed by atoms with Crippen LogP contribution in [0.4, 0.5) is 19.0 Å². The summed E-state index contributed by atoms with van der Waals surface area (Å²) in [6.45, 7) is 2.89. The average molecular weight is 297 g/mol. The lowest BCUT2D eigenvalue weighted by molar-refractivity contribution is -0.274. The third-order valence-corrected chi connectivity index (χ3v) is 3.38. The molecule has 7 heteroatoms. The van der Waals surface area contributed by atoms with E-state index in [2.05, 4.69) is 15.2 Å². The molecule has 0 radical (unpaired) electrons. The van der Waals surface area contributed by atoms with Gasteiger partial charge in [-0.25, -0.2) is 4.68 Å². The first-order valence-corrected chi connectivity index (χ1v) is 6.69. The molecule has 0 saturated carbocycles. The summed E-state index contributed by atoms with van der Waals surface area (Å²) in [6.07, 6.45) is -2.93. The number of aryl methyl sites for hydroxylation is 1. The van der Waals surface area contributed by atoms with Crippen LogP contribution in [-0.2, 0) is 12.8 Å². The zero-order valence-corrected chi connectivity index (χ0v) is 11.4. The minimum atomic E-state index is -4.68. The number of nitrogens with one attached hydrogen (secondary N) is 1. The first-order valence-electron chi connectivity index (χ1n) is 6.69. The lowest BCUT2D eigenvalue weighted by Gasteiger charge is -2.10. The van der Waals surface area contributed by atoms with Crippen molar-refractivity contribution >= 4 is 5.82 Å². The highest BCUT2D eigenvalue weighted by atomic mass is 19.4. The Morgan fingerprint density at radius 1 is 1.29 bits per heavy atom. The van der Waals surface area contributed by atoms with E-state index in [1.807, 2.05) is 6.92 Å². The summed E-state index contributed by atoms with van der Waals surface area (Å²) in [5.41, 5.74) is 2.91. The third-order valence-electron chi connectivity index (χ3n) is 3.38. The fourth-order valence-corrected chi connectivity index (χ4v) is 2.51. The number of anilines is 1. The Morgan fingerprint density at radius 2 is 2.00 bits per heavy atom. The van der Waals surface area contributed by atoms with Crippen molar-refractivity contribution in [1.82, 2.24) is 9.78 Å². The Bertz CT molecular complexity index is 647. The zero-order valence-electron chi connectivity index (χ0n) is 11.4. The van der Waals surface area contributed by atoms with Gasteiger partial charge in [-0.05, 0) is 37.1 Å². The molecule has 4 nitrogen and oxygen atoms in total. The molecule has 2 heterocycles. The summed E-state index contributed by atoms with van der Waals surface area (Å²) in [5.74, 6) is 0.690. The van der Waals surface area contributed by atoms with Crippen LogP contribution in [0.5, 0.6) is 5.75 Å². The maximum Gasteiger partial charge on any atom is 0.573 e. The molecule has 0 aliphatic carbocycles. The molecular weight excluding hydrogens is 283 g/mol. The van der Waals surface area contributed by atoms with E-state index >= 15 is 0 Å². The Morgan fingerprint density at radius 3 is 2.62 bits per heavy atom.